The molecule has 108 valence electrons. The number of hydrogen-bond acceptors (Lipinski definition) is 3. The van der Waals surface area contributed by atoms with Crippen LogP contribution in [-0.2, 0) is 10.0 Å². The predicted molar refractivity (Wildman–Crippen MR) is 79.7 cm³/mol. The van der Waals surface area contributed by atoms with Crippen molar-refractivity contribution >= 4 is 45.6 Å². The molecule has 1 aliphatic rings. The van der Waals surface area contributed by atoms with Crippen LogP contribution in [0.25, 0.3) is 0 Å². The second-order valence-corrected chi connectivity index (χ2v) is 6.84. The van der Waals surface area contributed by atoms with E-state index < -0.39 is 10.0 Å². The maximum atomic E-state index is 12.5. The first-order valence-electron chi connectivity index (χ1n) is 5.64. The molecule has 0 aliphatic carbocycles. The van der Waals surface area contributed by atoms with Crippen LogP contribution in [0.1, 0.15) is 12.8 Å². The first kappa shape index (κ1) is 17.0. The predicted octanol–water partition coefficient (Wildman–Crippen LogP) is 2.53. The van der Waals surface area contributed by atoms with Gasteiger partial charge in [0.1, 0.15) is 4.90 Å². The number of nitrogens with zero attached hydrogens (tertiary/aromatic N) is 1. The molecule has 0 spiro atoms. The van der Waals surface area contributed by atoms with Crippen molar-refractivity contribution in [3.8, 4) is 0 Å². The largest absolute Gasteiger partial charge is 0.329 e. The highest BCUT2D eigenvalue weighted by Crippen LogP contribution is 2.33. The van der Waals surface area contributed by atoms with Gasteiger partial charge in [-0.2, -0.15) is 4.31 Å². The van der Waals surface area contributed by atoms with E-state index in [1.165, 1.54) is 10.4 Å². The normalized spacial score (nSPS) is 20.3. The van der Waals surface area contributed by atoms with E-state index in [-0.39, 0.29) is 33.4 Å². The van der Waals surface area contributed by atoms with Crippen LogP contribution in [0.15, 0.2) is 23.1 Å². The quantitative estimate of drug-likeness (QED) is 0.915. The number of rotatable bonds is 3. The highest BCUT2D eigenvalue weighted by Gasteiger charge is 2.35. The summed E-state index contributed by atoms with van der Waals surface area (Å²) >= 11 is 11.8. The van der Waals surface area contributed by atoms with Crippen LogP contribution in [0, 0.1) is 0 Å². The molecule has 0 amide bonds. The van der Waals surface area contributed by atoms with Crippen LogP contribution in [0.4, 0.5) is 0 Å². The third kappa shape index (κ3) is 3.17. The van der Waals surface area contributed by atoms with Gasteiger partial charge < -0.3 is 5.73 Å². The number of sulfonamides is 1. The number of nitrogens with two attached hydrogens (primary N) is 1. The zero-order valence-corrected chi connectivity index (χ0v) is 13.2. The molecule has 1 aromatic rings. The van der Waals surface area contributed by atoms with E-state index in [9.17, 15) is 8.42 Å². The Morgan fingerprint density at radius 3 is 2.68 bits per heavy atom. The Kier molecular flexibility index (Phi) is 5.92. The summed E-state index contributed by atoms with van der Waals surface area (Å²) in [5.74, 6) is 0. The molecule has 19 heavy (non-hydrogen) atoms. The van der Waals surface area contributed by atoms with E-state index in [0.29, 0.717) is 13.1 Å². The molecule has 2 rings (SSSR count). The first-order valence-corrected chi connectivity index (χ1v) is 7.84. The van der Waals surface area contributed by atoms with E-state index in [2.05, 4.69) is 0 Å². The second-order valence-electron chi connectivity index (χ2n) is 4.20. The van der Waals surface area contributed by atoms with E-state index in [0.717, 1.165) is 12.8 Å². The van der Waals surface area contributed by atoms with Crippen LogP contribution < -0.4 is 5.73 Å². The Labute approximate surface area is 129 Å². The molecule has 0 bridgehead atoms. The summed E-state index contributed by atoms with van der Waals surface area (Å²) in [7, 11) is -3.62. The third-order valence-corrected chi connectivity index (χ3v) is 6.02. The van der Waals surface area contributed by atoms with Crippen molar-refractivity contribution in [2.45, 2.75) is 23.8 Å². The fourth-order valence-corrected chi connectivity index (χ4v) is 4.61. The highest BCUT2D eigenvalue weighted by molar-refractivity contribution is 7.89. The monoisotopic (exact) mass is 344 g/mol. The zero-order chi connectivity index (χ0) is 13.3. The average Bonchev–Trinajstić information content (AvgIpc) is 2.81. The van der Waals surface area contributed by atoms with Crippen molar-refractivity contribution in [1.82, 2.24) is 4.31 Å². The standard InChI is InChI=1S/C11H14Cl2N2O2S.ClH/c12-9-4-1-5-10(11(9)13)18(16,17)15-6-2-3-8(15)7-14;/h1,4-5,8H,2-3,6-7,14H2;1H. The molecule has 1 saturated heterocycles. The van der Waals surface area contributed by atoms with Gasteiger partial charge in [-0.1, -0.05) is 29.3 Å². The van der Waals surface area contributed by atoms with Crippen molar-refractivity contribution in [3.05, 3.63) is 28.2 Å². The summed E-state index contributed by atoms with van der Waals surface area (Å²) in [5.41, 5.74) is 5.60. The lowest BCUT2D eigenvalue weighted by Crippen LogP contribution is -2.39. The molecule has 1 aliphatic heterocycles. The minimum Gasteiger partial charge on any atom is -0.329 e. The Morgan fingerprint density at radius 1 is 1.37 bits per heavy atom. The van der Waals surface area contributed by atoms with Gasteiger partial charge in [0.2, 0.25) is 10.0 Å². The molecule has 0 saturated carbocycles. The summed E-state index contributed by atoms with van der Waals surface area (Å²) in [6, 6.07) is 4.46. The number of halogens is 3. The summed E-state index contributed by atoms with van der Waals surface area (Å²) in [6.07, 6.45) is 1.60. The Bertz CT molecular complexity index is 551. The molecule has 8 heteroatoms. The lowest BCUT2D eigenvalue weighted by molar-refractivity contribution is 0.393. The smallest absolute Gasteiger partial charge is 0.244 e. The first-order chi connectivity index (χ1) is 8.48. The summed E-state index contributed by atoms with van der Waals surface area (Å²) < 4.78 is 26.4. The van der Waals surface area contributed by atoms with Crippen molar-refractivity contribution in [1.29, 1.82) is 0 Å². The third-order valence-electron chi connectivity index (χ3n) is 3.10. The maximum Gasteiger partial charge on any atom is 0.244 e. The van der Waals surface area contributed by atoms with Gasteiger partial charge in [-0.15, -0.1) is 12.4 Å². The van der Waals surface area contributed by atoms with Gasteiger partial charge >= 0.3 is 0 Å². The van der Waals surface area contributed by atoms with Crippen molar-refractivity contribution < 1.29 is 8.42 Å². The van der Waals surface area contributed by atoms with Crippen LogP contribution >= 0.6 is 35.6 Å². The molecule has 0 aromatic heterocycles. The van der Waals surface area contributed by atoms with Crippen LogP contribution in [0.2, 0.25) is 10.0 Å². The molecule has 1 unspecified atom stereocenters. The van der Waals surface area contributed by atoms with Gasteiger partial charge in [-0.05, 0) is 25.0 Å². The van der Waals surface area contributed by atoms with E-state index in [1.807, 2.05) is 0 Å². The van der Waals surface area contributed by atoms with Gasteiger partial charge in [0.25, 0.3) is 0 Å². The van der Waals surface area contributed by atoms with Crippen LogP contribution in [0.3, 0.4) is 0 Å². The Morgan fingerprint density at radius 2 is 2.05 bits per heavy atom. The number of benzene rings is 1. The van der Waals surface area contributed by atoms with Crippen LogP contribution in [0.5, 0.6) is 0 Å². The second kappa shape index (κ2) is 6.61. The van der Waals surface area contributed by atoms with Crippen LogP contribution in [-0.4, -0.2) is 31.9 Å². The molecule has 1 aromatic carbocycles. The van der Waals surface area contributed by atoms with Crippen molar-refractivity contribution in [2.24, 2.45) is 5.73 Å². The zero-order valence-electron chi connectivity index (χ0n) is 10.1. The van der Waals surface area contributed by atoms with Gasteiger partial charge in [0, 0.05) is 19.1 Å². The van der Waals surface area contributed by atoms with E-state index in [1.54, 1.807) is 12.1 Å². The molecular weight excluding hydrogens is 331 g/mol. The molecule has 1 atom stereocenters. The van der Waals surface area contributed by atoms with Gasteiger partial charge in [-0.25, -0.2) is 8.42 Å². The van der Waals surface area contributed by atoms with E-state index >= 15 is 0 Å². The van der Waals surface area contributed by atoms with E-state index in [4.69, 9.17) is 28.9 Å². The molecular formula is C11H15Cl3N2O2S. The summed E-state index contributed by atoms with van der Waals surface area (Å²) in [6.45, 7) is 0.796. The Balaban J connectivity index is 0.00000180. The molecule has 0 radical (unpaired) electrons. The molecule has 1 heterocycles. The van der Waals surface area contributed by atoms with Gasteiger partial charge in [0.15, 0.2) is 0 Å². The SMILES string of the molecule is Cl.NCC1CCCN1S(=O)(=O)c1cccc(Cl)c1Cl. The maximum absolute atomic E-state index is 12.5. The van der Waals surface area contributed by atoms with Crippen molar-refractivity contribution in [2.75, 3.05) is 13.1 Å². The van der Waals surface area contributed by atoms with Crippen molar-refractivity contribution in [3.63, 3.8) is 0 Å². The minimum absolute atomic E-state index is 0. The summed E-state index contributed by atoms with van der Waals surface area (Å²) in [4.78, 5) is 0.0528. The molecule has 1 fully saturated rings. The Hall–Kier alpha value is -0.0400. The average molecular weight is 346 g/mol. The molecule has 2 N–H and O–H groups in total. The lowest BCUT2D eigenvalue weighted by Gasteiger charge is -2.23. The topological polar surface area (TPSA) is 63.4 Å². The lowest BCUT2D eigenvalue weighted by atomic mass is 10.2. The fourth-order valence-electron chi connectivity index (χ4n) is 2.17. The van der Waals surface area contributed by atoms with Gasteiger partial charge in [-0.3, -0.25) is 0 Å². The molecule has 4 nitrogen and oxygen atoms in total. The van der Waals surface area contributed by atoms with Gasteiger partial charge in [0.05, 0.1) is 10.0 Å². The highest BCUT2D eigenvalue weighted by atomic mass is 35.5. The fraction of sp³-hybridized carbons (Fsp3) is 0.455. The number of hydrogen-bond donors (Lipinski definition) is 1. The minimum atomic E-state index is -3.62. The summed E-state index contributed by atoms with van der Waals surface area (Å²) in [5, 5.41) is 0.308.